The van der Waals surface area contributed by atoms with Crippen molar-refractivity contribution < 1.29 is 19.4 Å². The van der Waals surface area contributed by atoms with Crippen LogP contribution in [0.2, 0.25) is 0 Å². The van der Waals surface area contributed by atoms with Crippen molar-refractivity contribution in [1.82, 2.24) is 0 Å². The second-order valence-electron chi connectivity index (χ2n) is 3.88. The normalized spacial score (nSPS) is 13.8. The molecule has 0 bridgehead atoms. The molecule has 1 rings (SSSR count). The average Bonchev–Trinajstić information content (AvgIpc) is 2.38. The van der Waals surface area contributed by atoms with Crippen molar-refractivity contribution in [2.24, 2.45) is 5.92 Å². The van der Waals surface area contributed by atoms with E-state index in [0.29, 0.717) is 17.7 Å². The van der Waals surface area contributed by atoms with E-state index in [1.807, 2.05) is 6.92 Å². The number of aliphatic hydroxyl groups excluding tert-OH is 1. The van der Waals surface area contributed by atoms with E-state index in [-0.39, 0.29) is 0 Å². The molecule has 0 fully saturated rings. The van der Waals surface area contributed by atoms with Gasteiger partial charge in [-0.15, -0.1) is 0 Å². The summed E-state index contributed by atoms with van der Waals surface area (Å²) in [5, 5.41) is 10.2. The summed E-state index contributed by atoms with van der Waals surface area (Å²) in [7, 11) is 2.89. The van der Waals surface area contributed by atoms with E-state index < -0.39 is 18.0 Å². The van der Waals surface area contributed by atoms with E-state index in [9.17, 15) is 9.90 Å². The fraction of sp³-hybridized carbons (Fsp3) is 0.462. The molecule has 4 nitrogen and oxygen atoms in total. The minimum atomic E-state index is -0.885. The molecule has 1 aromatic rings. The van der Waals surface area contributed by atoms with Gasteiger partial charge in [0.05, 0.1) is 30.7 Å². The van der Waals surface area contributed by atoms with E-state index in [1.54, 1.807) is 25.3 Å². The Balaban J connectivity index is 2.98. The van der Waals surface area contributed by atoms with Crippen LogP contribution in [0.5, 0.6) is 5.75 Å². The van der Waals surface area contributed by atoms with Crippen LogP contribution in [-0.2, 0) is 9.53 Å². The number of aliphatic hydroxyl groups is 1. The van der Waals surface area contributed by atoms with Crippen LogP contribution in [-0.4, -0.2) is 25.3 Å². The maximum absolute atomic E-state index is 11.5. The number of hydrogen-bond donors (Lipinski definition) is 1. The van der Waals surface area contributed by atoms with E-state index in [1.165, 1.54) is 7.11 Å². The van der Waals surface area contributed by atoms with Gasteiger partial charge in [-0.2, -0.15) is 0 Å². The lowest BCUT2D eigenvalue weighted by Gasteiger charge is -2.20. The smallest absolute Gasteiger partial charge is 0.311 e. The van der Waals surface area contributed by atoms with Crippen LogP contribution in [0.3, 0.4) is 0 Å². The zero-order valence-electron chi connectivity index (χ0n) is 10.6. The maximum Gasteiger partial charge on any atom is 0.311 e. The van der Waals surface area contributed by atoms with Crippen molar-refractivity contribution in [2.45, 2.75) is 19.4 Å². The van der Waals surface area contributed by atoms with Crippen molar-refractivity contribution >= 4 is 21.9 Å². The molecule has 1 aromatic carbocycles. The zero-order chi connectivity index (χ0) is 13.7. The number of methoxy groups -OCH3 is 2. The van der Waals surface area contributed by atoms with E-state index in [0.717, 1.165) is 4.47 Å². The Labute approximate surface area is 115 Å². The Kier molecular flexibility index (Phi) is 5.62. The van der Waals surface area contributed by atoms with Crippen LogP contribution in [0.15, 0.2) is 22.7 Å². The summed E-state index contributed by atoms with van der Waals surface area (Å²) in [6.07, 6.45) is -0.373. The summed E-state index contributed by atoms with van der Waals surface area (Å²) in [4.78, 5) is 11.5. The molecule has 2 unspecified atom stereocenters. The van der Waals surface area contributed by atoms with E-state index in [4.69, 9.17) is 4.74 Å². The van der Waals surface area contributed by atoms with E-state index in [2.05, 4.69) is 20.7 Å². The Morgan fingerprint density at radius 1 is 1.44 bits per heavy atom. The largest absolute Gasteiger partial charge is 0.496 e. The van der Waals surface area contributed by atoms with E-state index >= 15 is 0 Å². The van der Waals surface area contributed by atoms with Crippen molar-refractivity contribution in [1.29, 1.82) is 0 Å². The zero-order valence-corrected chi connectivity index (χ0v) is 12.2. The molecule has 18 heavy (non-hydrogen) atoms. The highest BCUT2D eigenvalue weighted by atomic mass is 79.9. The third-order valence-corrected chi connectivity index (χ3v) is 3.46. The van der Waals surface area contributed by atoms with Crippen LogP contribution >= 0.6 is 15.9 Å². The molecule has 0 heterocycles. The first kappa shape index (κ1) is 15.0. The molecule has 0 aliphatic heterocycles. The first-order valence-electron chi connectivity index (χ1n) is 5.64. The molecule has 0 aliphatic carbocycles. The Bertz CT molecular complexity index is 419. The van der Waals surface area contributed by atoms with Gasteiger partial charge < -0.3 is 14.6 Å². The molecule has 0 saturated carbocycles. The lowest BCUT2D eigenvalue weighted by molar-refractivity contribution is -0.149. The molecule has 1 N–H and O–H groups in total. The van der Waals surface area contributed by atoms with Gasteiger partial charge in [-0.3, -0.25) is 4.79 Å². The van der Waals surface area contributed by atoms with Crippen LogP contribution in [0.4, 0.5) is 0 Å². The number of rotatable bonds is 5. The third kappa shape index (κ3) is 3.23. The third-order valence-electron chi connectivity index (χ3n) is 2.84. The molecule has 0 radical (unpaired) electrons. The van der Waals surface area contributed by atoms with Gasteiger partial charge in [-0.1, -0.05) is 13.0 Å². The molecule has 0 spiro atoms. The molecule has 0 aliphatic rings. The SMILES string of the molecule is CCC(C(=O)OC)C(O)c1ccc(OC)c(Br)c1. The maximum atomic E-state index is 11.5. The molecular weight excluding hydrogens is 300 g/mol. The molecule has 2 atom stereocenters. The number of esters is 1. The summed E-state index contributed by atoms with van der Waals surface area (Å²) in [5.41, 5.74) is 0.653. The molecule has 0 aromatic heterocycles. The van der Waals surface area contributed by atoms with Crippen LogP contribution < -0.4 is 4.74 Å². The predicted octanol–water partition coefficient (Wildman–Crippen LogP) is 2.69. The number of carbonyl (C=O) groups is 1. The van der Waals surface area contributed by atoms with Gasteiger partial charge in [0, 0.05) is 0 Å². The lowest BCUT2D eigenvalue weighted by Crippen LogP contribution is -2.23. The number of benzene rings is 1. The van der Waals surface area contributed by atoms with Gasteiger partial charge in [0.2, 0.25) is 0 Å². The minimum Gasteiger partial charge on any atom is -0.496 e. The molecule has 0 saturated heterocycles. The summed E-state index contributed by atoms with van der Waals surface area (Å²) in [5.74, 6) is -0.288. The highest BCUT2D eigenvalue weighted by Crippen LogP contribution is 2.32. The minimum absolute atomic E-state index is 0.406. The summed E-state index contributed by atoms with van der Waals surface area (Å²) in [6.45, 7) is 1.84. The quantitative estimate of drug-likeness (QED) is 0.849. The van der Waals surface area contributed by atoms with Crippen molar-refractivity contribution in [3.63, 3.8) is 0 Å². The van der Waals surface area contributed by atoms with Gasteiger partial charge in [0.25, 0.3) is 0 Å². The van der Waals surface area contributed by atoms with Gasteiger partial charge in [0.15, 0.2) is 0 Å². The van der Waals surface area contributed by atoms with Gasteiger partial charge in [0.1, 0.15) is 5.75 Å². The first-order chi connectivity index (χ1) is 8.54. The van der Waals surface area contributed by atoms with Crippen LogP contribution in [0, 0.1) is 5.92 Å². The standard InChI is InChI=1S/C13H17BrO4/c1-4-9(13(16)18-3)12(15)8-5-6-11(17-2)10(14)7-8/h5-7,9,12,15H,4H2,1-3H3. The van der Waals surface area contributed by atoms with Gasteiger partial charge in [-0.25, -0.2) is 0 Å². The number of carbonyl (C=O) groups excluding carboxylic acids is 1. The average molecular weight is 317 g/mol. The lowest BCUT2D eigenvalue weighted by atomic mass is 9.93. The van der Waals surface area contributed by atoms with Crippen molar-refractivity contribution in [3.8, 4) is 5.75 Å². The van der Waals surface area contributed by atoms with Crippen molar-refractivity contribution in [3.05, 3.63) is 28.2 Å². The highest BCUT2D eigenvalue weighted by Gasteiger charge is 2.27. The number of hydrogen-bond acceptors (Lipinski definition) is 4. The molecule has 0 amide bonds. The van der Waals surface area contributed by atoms with Gasteiger partial charge in [-0.05, 0) is 40.0 Å². The number of ether oxygens (including phenoxy) is 2. The number of halogens is 1. The monoisotopic (exact) mass is 316 g/mol. The van der Waals surface area contributed by atoms with Crippen LogP contribution in [0.25, 0.3) is 0 Å². The van der Waals surface area contributed by atoms with Gasteiger partial charge >= 0.3 is 5.97 Å². The Morgan fingerprint density at radius 3 is 2.56 bits per heavy atom. The fourth-order valence-electron chi connectivity index (χ4n) is 1.77. The first-order valence-corrected chi connectivity index (χ1v) is 6.43. The second-order valence-corrected chi connectivity index (χ2v) is 4.73. The van der Waals surface area contributed by atoms with Crippen molar-refractivity contribution in [2.75, 3.05) is 14.2 Å². The predicted molar refractivity (Wildman–Crippen MR) is 71.5 cm³/mol. The Morgan fingerprint density at radius 2 is 2.11 bits per heavy atom. The highest BCUT2D eigenvalue weighted by molar-refractivity contribution is 9.10. The Hall–Kier alpha value is -1.07. The molecule has 100 valence electrons. The molecule has 5 heteroatoms. The second kappa shape index (κ2) is 6.75. The fourth-order valence-corrected chi connectivity index (χ4v) is 2.33. The van der Waals surface area contributed by atoms with Crippen LogP contribution in [0.1, 0.15) is 25.0 Å². The summed E-state index contributed by atoms with van der Waals surface area (Å²) >= 11 is 3.35. The topological polar surface area (TPSA) is 55.8 Å². The summed E-state index contributed by atoms with van der Waals surface area (Å²) in [6, 6.07) is 5.22. The molecular formula is C13H17BrO4. The summed E-state index contributed by atoms with van der Waals surface area (Å²) < 4.78 is 10.5.